The van der Waals surface area contributed by atoms with Crippen LogP contribution in [0.15, 0.2) is 29.8 Å². The maximum absolute atomic E-state index is 13.4. The van der Waals surface area contributed by atoms with Crippen LogP contribution in [0.4, 0.5) is 0 Å². The number of benzene rings is 1. The number of rotatable bonds is 3. The third-order valence-corrected chi connectivity index (χ3v) is 8.36. The van der Waals surface area contributed by atoms with Gasteiger partial charge in [-0.3, -0.25) is 9.69 Å². The van der Waals surface area contributed by atoms with Gasteiger partial charge in [-0.05, 0) is 74.1 Å². The summed E-state index contributed by atoms with van der Waals surface area (Å²) in [5.41, 5.74) is 4.17. The van der Waals surface area contributed by atoms with Gasteiger partial charge in [0, 0.05) is 32.0 Å². The lowest BCUT2D eigenvalue weighted by molar-refractivity contribution is -0.136. The molecule has 1 aliphatic carbocycles. The molecular formula is C26H34N2O2. The molecule has 1 aromatic rings. The molecular weight excluding hydrogens is 372 g/mol. The maximum atomic E-state index is 13.4. The molecule has 0 N–H and O–H groups in total. The van der Waals surface area contributed by atoms with Gasteiger partial charge in [0.25, 0.3) is 0 Å². The molecule has 5 aliphatic rings. The molecule has 4 atom stereocenters. The van der Waals surface area contributed by atoms with E-state index in [0.29, 0.717) is 24.3 Å². The Labute approximate surface area is 180 Å². The molecule has 1 amide bonds. The highest BCUT2D eigenvalue weighted by molar-refractivity contribution is 5.77. The molecule has 0 spiro atoms. The van der Waals surface area contributed by atoms with Gasteiger partial charge in [-0.2, -0.15) is 0 Å². The molecule has 160 valence electrons. The van der Waals surface area contributed by atoms with Crippen LogP contribution >= 0.6 is 0 Å². The monoisotopic (exact) mass is 406 g/mol. The summed E-state index contributed by atoms with van der Waals surface area (Å²) in [5.74, 6) is 2.77. The Kier molecular flexibility index (Phi) is 4.86. The van der Waals surface area contributed by atoms with Crippen LogP contribution in [0.1, 0.15) is 56.1 Å². The number of amides is 1. The molecule has 0 radical (unpaired) electrons. The molecule has 0 aromatic heterocycles. The molecule has 6 rings (SSSR count). The van der Waals surface area contributed by atoms with Crippen molar-refractivity contribution in [3.63, 3.8) is 0 Å². The zero-order valence-corrected chi connectivity index (χ0v) is 18.0. The minimum atomic E-state index is 0.363. The lowest BCUT2D eigenvalue weighted by Crippen LogP contribution is -2.60. The van der Waals surface area contributed by atoms with Gasteiger partial charge in [-0.25, -0.2) is 0 Å². The van der Waals surface area contributed by atoms with E-state index < -0.39 is 0 Å². The second-order valence-corrected chi connectivity index (χ2v) is 10.1. The van der Waals surface area contributed by atoms with Gasteiger partial charge in [0.05, 0.1) is 12.6 Å². The van der Waals surface area contributed by atoms with Gasteiger partial charge in [-0.1, -0.05) is 30.2 Å². The highest BCUT2D eigenvalue weighted by atomic mass is 16.5. The van der Waals surface area contributed by atoms with E-state index in [0.717, 1.165) is 50.1 Å². The highest BCUT2D eigenvalue weighted by Gasteiger charge is 2.46. The summed E-state index contributed by atoms with van der Waals surface area (Å²) in [4.78, 5) is 18.4. The number of fused-ring (bicyclic) bond motifs is 7. The first-order valence-electron chi connectivity index (χ1n) is 12.2. The van der Waals surface area contributed by atoms with Crippen molar-refractivity contribution in [3.8, 4) is 5.75 Å². The van der Waals surface area contributed by atoms with Gasteiger partial charge in [-0.15, -0.1) is 0 Å². The lowest BCUT2D eigenvalue weighted by Gasteiger charge is -2.54. The molecule has 4 heterocycles. The van der Waals surface area contributed by atoms with Gasteiger partial charge < -0.3 is 9.64 Å². The predicted molar refractivity (Wildman–Crippen MR) is 118 cm³/mol. The fourth-order valence-corrected chi connectivity index (χ4v) is 7.04. The van der Waals surface area contributed by atoms with Gasteiger partial charge in [0.1, 0.15) is 5.75 Å². The minimum Gasteiger partial charge on any atom is -0.493 e. The zero-order chi connectivity index (χ0) is 20.1. The Morgan fingerprint density at radius 1 is 1.13 bits per heavy atom. The van der Waals surface area contributed by atoms with Crippen LogP contribution in [0.2, 0.25) is 0 Å². The van der Waals surface area contributed by atoms with E-state index >= 15 is 0 Å². The van der Waals surface area contributed by atoms with Crippen molar-refractivity contribution < 1.29 is 9.53 Å². The molecule has 3 saturated heterocycles. The summed E-state index contributed by atoms with van der Waals surface area (Å²) in [6.45, 7) is 4.22. The zero-order valence-electron chi connectivity index (χ0n) is 18.0. The number of carbonyl (C=O) groups excluding carboxylic acids is 1. The average molecular weight is 407 g/mol. The molecule has 4 nitrogen and oxygen atoms in total. The first-order valence-corrected chi connectivity index (χ1v) is 12.2. The molecule has 4 aliphatic heterocycles. The summed E-state index contributed by atoms with van der Waals surface area (Å²) < 4.78 is 5.62. The van der Waals surface area contributed by atoms with E-state index in [2.05, 4.69) is 34.1 Å². The second-order valence-electron chi connectivity index (χ2n) is 10.1. The number of carbonyl (C=O) groups is 1. The van der Waals surface area contributed by atoms with Crippen LogP contribution in [-0.4, -0.2) is 54.0 Å². The Morgan fingerprint density at radius 3 is 3.07 bits per heavy atom. The fraction of sp³-hybridized carbons (Fsp3) is 0.654. The highest BCUT2D eigenvalue weighted by Crippen LogP contribution is 2.45. The third-order valence-electron chi connectivity index (χ3n) is 8.36. The van der Waals surface area contributed by atoms with Crippen molar-refractivity contribution in [1.29, 1.82) is 0 Å². The summed E-state index contributed by atoms with van der Waals surface area (Å²) in [7, 11) is 0. The van der Waals surface area contributed by atoms with E-state index in [-0.39, 0.29) is 0 Å². The van der Waals surface area contributed by atoms with Gasteiger partial charge in [0.2, 0.25) is 5.91 Å². The Hall–Kier alpha value is -1.81. The SMILES string of the molecule is O=C(CCc1ccc2c(c1)CCO2)N1CCCC2=CC3CC(CN4CCCCC34)C21. The number of nitrogens with zero attached hydrogens (tertiary/aromatic N) is 2. The summed E-state index contributed by atoms with van der Waals surface area (Å²) in [6, 6.07) is 7.63. The Balaban J connectivity index is 1.17. The van der Waals surface area contributed by atoms with Gasteiger partial charge >= 0.3 is 0 Å². The van der Waals surface area contributed by atoms with Crippen molar-refractivity contribution in [3.05, 3.63) is 41.0 Å². The topological polar surface area (TPSA) is 32.8 Å². The Morgan fingerprint density at radius 2 is 2.10 bits per heavy atom. The van der Waals surface area contributed by atoms with Crippen LogP contribution in [0.3, 0.4) is 0 Å². The van der Waals surface area contributed by atoms with Crippen molar-refractivity contribution in [2.24, 2.45) is 11.8 Å². The Bertz CT molecular complexity index is 863. The van der Waals surface area contributed by atoms with Crippen LogP contribution in [0.25, 0.3) is 0 Å². The standard InChI is InChI=1S/C26H34N2O2/c29-25(9-7-18-6-8-24-19(14-18)10-13-30-24)28-12-3-4-20-15-21-16-22(26(20)28)17-27-11-2-1-5-23(21)27/h6,8,14-15,21-23,26H,1-5,7,9-13,16-17H2. The second kappa shape index (κ2) is 7.71. The number of hydrogen-bond donors (Lipinski definition) is 0. The summed E-state index contributed by atoms with van der Waals surface area (Å²) in [5, 5.41) is 0. The largest absolute Gasteiger partial charge is 0.493 e. The van der Waals surface area contributed by atoms with E-state index in [1.807, 2.05) is 0 Å². The number of piperidine rings is 3. The van der Waals surface area contributed by atoms with E-state index in [1.54, 1.807) is 5.57 Å². The van der Waals surface area contributed by atoms with E-state index in [9.17, 15) is 4.79 Å². The third kappa shape index (κ3) is 3.28. The molecule has 1 aromatic carbocycles. The minimum absolute atomic E-state index is 0.363. The average Bonchev–Trinajstić information content (AvgIpc) is 3.25. The molecule has 0 saturated carbocycles. The van der Waals surface area contributed by atoms with E-state index in [1.165, 1.54) is 56.3 Å². The van der Waals surface area contributed by atoms with Gasteiger partial charge in [0.15, 0.2) is 0 Å². The van der Waals surface area contributed by atoms with Crippen LogP contribution in [-0.2, 0) is 17.6 Å². The molecule has 2 bridgehead atoms. The van der Waals surface area contributed by atoms with Crippen LogP contribution in [0.5, 0.6) is 5.75 Å². The number of aryl methyl sites for hydroxylation is 1. The van der Waals surface area contributed by atoms with E-state index in [4.69, 9.17) is 4.74 Å². The molecule has 3 fully saturated rings. The summed E-state index contributed by atoms with van der Waals surface area (Å²) >= 11 is 0. The molecule has 4 heteroatoms. The van der Waals surface area contributed by atoms with Crippen molar-refractivity contribution in [2.45, 2.75) is 69.9 Å². The smallest absolute Gasteiger partial charge is 0.223 e. The normalized spacial score (nSPS) is 32.5. The number of hydrogen-bond acceptors (Lipinski definition) is 3. The van der Waals surface area contributed by atoms with Crippen molar-refractivity contribution in [2.75, 3.05) is 26.2 Å². The van der Waals surface area contributed by atoms with Crippen LogP contribution < -0.4 is 4.74 Å². The first kappa shape index (κ1) is 18.9. The summed E-state index contributed by atoms with van der Waals surface area (Å²) in [6.07, 6.45) is 12.9. The lowest BCUT2D eigenvalue weighted by atomic mass is 9.68. The molecule has 4 unspecified atom stereocenters. The van der Waals surface area contributed by atoms with Crippen molar-refractivity contribution >= 4 is 5.91 Å². The first-order chi connectivity index (χ1) is 14.8. The fourth-order valence-electron chi connectivity index (χ4n) is 7.04. The molecule has 30 heavy (non-hydrogen) atoms. The van der Waals surface area contributed by atoms with Crippen LogP contribution in [0, 0.1) is 11.8 Å². The number of ether oxygens (including phenoxy) is 1. The number of likely N-dealkylation sites (tertiary alicyclic amines) is 1. The maximum Gasteiger partial charge on any atom is 0.223 e. The van der Waals surface area contributed by atoms with Crippen molar-refractivity contribution in [1.82, 2.24) is 9.80 Å². The predicted octanol–water partition coefficient (Wildman–Crippen LogP) is 3.98. The quantitative estimate of drug-likeness (QED) is 0.712.